The van der Waals surface area contributed by atoms with Crippen molar-refractivity contribution in [1.82, 2.24) is 4.72 Å². The summed E-state index contributed by atoms with van der Waals surface area (Å²) >= 11 is 0. The van der Waals surface area contributed by atoms with E-state index < -0.39 is 32.1 Å². The average molecular weight is 518 g/mol. The highest BCUT2D eigenvalue weighted by Crippen LogP contribution is 2.23. The summed E-state index contributed by atoms with van der Waals surface area (Å²) in [6, 6.07) is 17.6. The van der Waals surface area contributed by atoms with Crippen LogP contribution in [0.2, 0.25) is 0 Å². The van der Waals surface area contributed by atoms with E-state index in [1.54, 1.807) is 30.3 Å². The molecule has 0 amide bonds. The Morgan fingerprint density at radius 1 is 0.857 bits per heavy atom. The second-order valence-electron chi connectivity index (χ2n) is 7.37. The monoisotopic (exact) mass is 517 g/mol. The molecule has 0 aliphatic heterocycles. The number of aliphatic imine (C=N–C) groups is 1. The fraction of sp³-hybridized carbons (Fsp3) is 0.0909. The number of benzene rings is 3. The van der Waals surface area contributed by atoms with Gasteiger partial charge in [-0.1, -0.05) is 42.5 Å². The van der Waals surface area contributed by atoms with Gasteiger partial charge in [0.1, 0.15) is 6.04 Å². The van der Waals surface area contributed by atoms with Gasteiger partial charge >= 0.3 is 5.97 Å². The SMILES string of the molecule is NC(N)=Nc1cccc(S(=O)(=O)Nc2cccc(S(=O)(=O)NC(Cc3ccccc3)C(=O)O)c2)c1. The first-order valence-electron chi connectivity index (χ1n) is 10.1. The van der Waals surface area contributed by atoms with E-state index in [1.807, 2.05) is 0 Å². The second kappa shape index (κ2) is 10.5. The zero-order chi connectivity index (χ0) is 25.6. The summed E-state index contributed by atoms with van der Waals surface area (Å²) in [5.74, 6) is -1.60. The molecule has 0 aromatic heterocycles. The van der Waals surface area contributed by atoms with Gasteiger partial charge in [0.05, 0.1) is 21.2 Å². The smallest absolute Gasteiger partial charge is 0.322 e. The summed E-state index contributed by atoms with van der Waals surface area (Å²) in [6.07, 6.45) is -0.0755. The Labute approximate surface area is 202 Å². The predicted octanol–water partition coefficient (Wildman–Crippen LogP) is 1.37. The van der Waals surface area contributed by atoms with Crippen LogP contribution in [0.15, 0.2) is 93.6 Å². The van der Waals surface area contributed by atoms with Gasteiger partial charge in [-0.2, -0.15) is 4.72 Å². The number of nitrogens with zero attached hydrogens (tertiary/aromatic N) is 1. The van der Waals surface area contributed by atoms with Crippen molar-refractivity contribution in [3.8, 4) is 0 Å². The zero-order valence-corrected chi connectivity index (χ0v) is 19.8. The number of rotatable bonds is 10. The quantitative estimate of drug-likeness (QED) is 0.196. The lowest BCUT2D eigenvalue weighted by Gasteiger charge is -2.16. The molecule has 0 radical (unpaired) electrons. The van der Waals surface area contributed by atoms with E-state index in [1.165, 1.54) is 42.5 Å². The number of nitrogens with two attached hydrogens (primary N) is 2. The van der Waals surface area contributed by atoms with E-state index in [0.29, 0.717) is 5.56 Å². The van der Waals surface area contributed by atoms with Gasteiger partial charge < -0.3 is 16.6 Å². The van der Waals surface area contributed by atoms with Crippen LogP contribution in [-0.4, -0.2) is 39.9 Å². The summed E-state index contributed by atoms with van der Waals surface area (Å²) in [4.78, 5) is 15.0. The van der Waals surface area contributed by atoms with Crippen LogP contribution in [0, 0.1) is 0 Å². The first kappa shape index (κ1) is 25.7. The topological polar surface area (TPSA) is 194 Å². The number of hydrogen-bond donors (Lipinski definition) is 5. The van der Waals surface area contributed by atoms with E-state index in [9.17, 15) is 26.7 Å². The Kier molecular flexibility index (Phi) is 7.74. The molecule has 0 saturated heterocycles. The number of anilines is 1. The van der Waals surface area contributed by atoms with Gasteiger partial charge in [0.25, 0.3) is 10.0 Å². The van der Waals surface area contributed by atoms with Crippen LogP contribution in [0.25, 0.3) is 0 Å². The number of carboxylic acid groups (broad SMARTS) is 1. The Morgan fingerprint density at radius 2 is 1.49 bits per heavy atom. The van der Waals surface area contributed by atoms with Crippen molar-refractivity contribution in [3.63, 3.8) is 0 Å². The third-order valence-corrected chi connectivity index (χ3v) is 7.51. The van der Waals surface area contributed by atoms with Crippen molar-refractivity contribution < 1.29 is 26.7 Å². The van der Waals surface area contributed by atoms with Crippen molar-refractivity contribution in [2.24, 2.45) is 16.5 Å². The van der Waals surface area contributed by atoms with E-state index in [4.69, 9.17) is 11.5 Å². The van der Waals surface area contributed by atoms with Crippen LogP contribution in [0.4, 0.5) is 11.4 Å². The molecule has 0 bridgehead atoms. The molecule has 3 rings (SSSR count). The van der Waals surface area contributed by atoms with Crippen LogP contribution < -0.4 is 20.9 Å². The molecule has 3 aromatic carbocycles. The Bertz CT molecular complexity index is 1450. The normalized spacial score (nSPS) is 12.5. The minimum Gasteiger partial charge on any atom is -0.480 e. The van der Waals surface area contributed by atoms with Crippen LogP contribution in [0.5, 0.6) is 0 Å². The molecule has 0 saturated carbocycles. The molecule has 13 heteroatoms. The van der Waals surface area contributed by atoms with Crippen molar-refractivity contribution in [3.05, 3.63) is 84.4 Å². The fourth-order valence-corrected chi connectivity index (χ4v) is 5.42. The summed E-state index contributed by atoms with van der Waals surface area (Å²) in [6.45, 7) is 0. The molecular weight excluding hydrogens is 494 g/mol. The molecule has 0 fully saturated rings. The molecule has 11 nitrogen and oxygen atoms in total. The number of hydrogen-bond acceptors (Lipinski definition) is 6. The zero-order valence-electron chi connectivity index (χ0n) is 18.2. The van der Waals surface area contributed by atoms with Crippen molar-refractivity contribution in [2.75, 3.05) is 4.72 Å². The highest BCUT2D eigenvalue weighted by molar-refractivity contribution is 7.92. The summed E-state index contributed by atoms with van der Waals surface area (Å²) in [5.41, 5.74) is 11.4. The van der Waals surface area contributed by atoms with Crippen molar-refractivity contribution >= 4 is 43.4 Å². The number of guanidine groups is 1. The van der Waals surface area contributed by atoms with Gasteiger partial charge in [0.15, 0.2) is 5.96 Å². The average Bonchev–Trinajstić information content (AvgIpc) is 2.79. The van der Waals surface area contributed by atoms with E-state index >= 15 is 0 Å². The van der Waals surface area contributed by atoms with Gasteiger partial charge in [-0.15, -0.1) is 0 Å². The second-order valence-corrected chi connectivity index (χ2v) is 10.8. The minimum absolute atomic E-state index is 0.0462. The third-order valence-electron chi connectivity index (χ3n) is 4.66. The highest BCUT2D eigenvalue weighted by atomic mass is 32.2. The molecule has 1 unspecified atom stereocenters. The lowest BCUT2D eigenvalue weighted by molar-refractivity contribution is -0.138. The molecule has 0 spiro atoms. The largest absolute Gasteiger partial charge is 0.480 e. The van der Waals surface area contributed by atoms with E-state index in [0.717, 1.165) is 6.07 Å². The number of aliphatic carboxylic acids is 1. The minimum atomic E-state index is -4.30. The first-order chi connectivity index (χ1) is 16.5. The molecule has 7 N–H and O–H groups in total. The molecule has 3 aromatic rings. The first-order valence-corrected chi connectivity index (χ1v) is 13.0. The van der Waals surface area contributed by atoms with Gasteiger partial charge in [-0.3, -0.25) is 9.52 Å². The highest BCUT2D eigenvalue weighted by Gasteiger charge is 2.26. The summed E-state index contributed by atoms with van der Waals surface area (Å²) in [5, 5.41) is 9.51. The predicted molar refractivity (Wildman–Crippen MR) is 131 cm³/mol. The number of sulfonamides is 2. The molecule has 184 valence electrons. The lowest BCUT2D eigenvalue weighted by atomic mass is 10.1. The van der Waals surface area contributed by atoms with Gasteiger partial charge in [-0.05, 0) is 48.4 Å². The molecule has 35 heavy (non-hydrogen) atoms. The lowest BCUT2D eigenvalue weighted by Crippen LogP contribution is -2.42. The molecule has 0 aliphatic rings. The molecule has 1 atom stereocenters. The molecule has 0 heterocycles. The van der Waals surface area contributed by atoms with E-state index in [-0.39, 0.29) is 33.5 Å². The van der Waals surface area contributed by atoms with Gasteiger partial charge in [0.2, 0.25) is 10.0 Å². The molecular formula is C22H23N5O6S2. The van der Waals surface area contributed by atoms with Gasteiger partial charge in [0, 0.05) is 0 Å². The standard InChI is InChI=1S/C22H23N5O6S2/c23-22(24)25-16-8-4-10-18(13-16)34(30,31)26-17-9-5-11-19(14-17)35(32,33)27-20(21(28)29)12-15-6-2-1-3-7-15/h1-11,13-14,20,26-27H,12H2,(H,28,29)(H4,23,24,25). The Hall–Kier alpha value is -3.94. The maximum Gasteiger partial charge on any atom is 0.322 e. The van der Waals surface area contributed by atoms with E-state index in [2.05, 4.69) is 14.4 Å². The van der Waals surface area contributed by atoms with Crippen molar-refractivity contribution in [1.29, 1.82) is 0 Å². The molecule has 0 aliphatic carbocycles. The maximum atomic E-state index is 12.9. The number of carboxylic acids is 1. The van der Waals surface area contributed by atoms with Crippen LogP contribution in [0.3, 0.4) is 0 Å². The number of nitrogens with one attached hydrogen (secondary N) is 2. The number of carbonyl (C=O) groups is 1. The maximum absolute atomic E-state index is 12.9. The Morgan fingerprint density at radius 3 is 2.11 bits per heavy atom. The van der Waals surface area contributed by atoms with Gasteiger partial charge in [-0.25, -0.2) is 21.8 Å². The summed E-state index contributed by atoms with van der Waals surface area (Å²) in [7, 11) is -8.42. The Balaban J connectivity index is 1.83. The van der Waals surface area contributed by atoms with Crippen LogP contribution in [0.1, 0.15) is 5.56 Å². The third kappa shape index (κ3) is 7.02. The van der Waals surface area contributed by atoms with Crippen molar-refractivity contribution in [2.45, 2.75) is 22.3 Å². The summed E-state index contributed by atoms with van der Waals surface area (Å²) < 4.78 is 55.8. The van der Waals surface area contributed by atoms with Crippen LogP contribution >= 0.6 is 0 Å². The van der Waals surface area contributed by atoms with Crippen LogP contribution in [-0.2, 0) is 31.3 Å². The fourth-order valence-electron chi connectivity index (χ4n) is 3.09.